The molecule has 0 fully saturated rings. The molecule has 0 rings (SSSR count). The Labute approximate surface area is 32.2 Å². The Morgan fingerprint density at radius 3 is 1.00 bits per heavy atom. The van der Waals surface area contributed by atoms with Gasteiger partial charge in [0.15, 0.2) is 0 Å². The van der Waals surface area contributed by atoms with Gasteiger partial charge in [-0.25, -0.2) is 0 Å². The van der Waals surface area contributed by atoms with Crippen LogP contribution in [0, 0.1) is 0 Å². The van der Waals surface area contributed by atoms with E-state index in [1.165, 1.54) is 0 Å². The molecule has 0 N–H and O–H groups in total. The summed E-state index contributed by atoms with van der Waals surface area (Å²) in [5.74, 6) is 6.92. The predicted octanol–water partition coefficient (Wildman–Crippen LogP) is 1.37. The Morgan fingerprint density at radius 2 is 1.00 bits per heavy atom. The molecule has 0 aromatic rings. The molecule has 0 aliphatic heterocycles. The van der Waals surface area contributed by atoms with E-state index in [0.717, 1.165) is 0 Å². The lowest BCUT2D eigenvalue weighted by Crippen LogP contribution is -1.84. The monoisotopic (exact) mass is 52.1 g/mol. The van der Waals surface area contributed by atoms with E-state index in [-0.39, 0.29) is 14.1 Å². The molecule has 0 aromatic carbocycles. The van der Waals surface area contributed by atoms with Crippen LogP contribution in [-0.2, 0) is 0 Å². The van der Waals surface area contributed by atoms with Gasteiger partial charge in [-0.05, 0) is 0 Å². The van der Waals surface area contributed by atoms with Crippen LogP contribution in [0.1, 0.15) is 0 Å². The summed E-state index contributed by atoms with van der Waals surface area (Å²) in [4.78, 5) is 0. The first-order valence-electron chi connectivity index (χ1n) is 1.73. The summed E-state index contributed by atoms with van der Waals surface area (Å²) in [6.45, 7) is 0. The van der Waals surface area contributed by atoms with E-state index in [1.54, 1.807) is 0 Å². The highest BCUT2D eigenvalue weighted by Gasteiger charge is 1.81. The molecular formula is C3H9Al. The minimum Gasteiger partial charge on any atom is -0.106 e. The second kappa shape index (κ2) is 1.82. The third kappa shape index (κ3) is 21.0. The minimum absolute atomic E-state index is 0.139. The molecule has 0 amide bonds. The van der Waals surface area contributed by atoms with Crippen molar-refractivity contribution in [2.75, 3.05) is 0 Å². The lowest BCUT2D eigenvalue weighted by Gasteiger charge is -1.67. The highest BCUT2D eigenvalue weighted by molar-refractivity contribution is 6.54. The van der Waals surface area contributed by atoms with Crippen LogP contribution >= 0.6 is 0 Å². The van der Waals surface area contributed by atoms with Crippen molar-refractivity contribution >= 4 is 14.1 Å². The molecule has 0 heterocycles. The van der Waals surface area contributed by atoms with Gasteiger partial charge in [-0.1, -0.05) is 0 Å². The van der Waals surface area contributed by atoms with Crippen molar-refractivity contribution in [3.05, 3.63) is 0 Å². The minimum atomic E-state index is -0.139. The van der Waals surface area contributed by atoms with Crippen molar-refractivity contribution in [3.8, 4) is 0 Å². The molecular weight excluding hydrogens is 43.0 g/mol. The largest absolute Gasteiger partial charge is 0.251 e. The highest BCUT2D eigenvalue weighted by Crippen LogP contribution is 1.68. The zero-order chi connectivity index (χ0) is 3.58. The molecule has 0 saturated carbocycles. The second-order valence-corrected chi connectivity index (χ2v) is 5.20. The Hall–Kier alpha value is 0.532. The maximum Gasteiger partial charge on any atom is 0.251 e. The van der Waals surface area contributed by atoms with Gasteiger partial charge < -0.3 is 0 Å². The summed E-state index contributed by atoms with van der Waals surface area (Å²) >= 11 is -0.139. The summed E-state index contributed by atoms with van der Waals surface area (Å²) in [5.41, 5.74) is 0. The highest BCUT2D eigenvalue weighted by atomic mass is 12.6. The summed E-state index contributed by atoms with van der Waals surface area (Å²) in [7, 11) is 0. The molecule has 24 valence electrons. The van der Waals surface area contributed by atoms with Gasteiger partial charge in [-0.2, -0.15) is 0 Å². The Bertz CT molecular complexity index is 8.00. The van der Waals surface area contributed by atoms with Gasteiger partial charge >= 0.3 is 0 Å². The molecule has 0 unspecified atom stereocenters. The molecule has 0 saturated heterocycles. The van der Waals surface area contributed by atoms with Crippen LogP contribution < -0.4 is 0 Å². The lowest BCUT2D eigenvalue weighted by atomic mass is 6.46. The maximum absolute atomic E-state index is 2.31. The summed E-state index contributed by atoms with van der Waals surface area (Å²) in [6.07, 6.45) is 0. The van der Waals surface area contributed by atoms with Gasteiger partial charge in [0.05, 0.1) is 0 Å². The van der Waals surface area contributed by atoms with Crippen LogP contribution in [0.25, 0.3) is 0 Å². The van der Waals surface area contributed by atoms with Crippen molar-refractivity contribution in [1.82, 2.24) is 0 Å². The first-order valence-corrected chi connectivity index (χ1v) is 5.20. The fourth-order valence-electron chi connectivity index (χ4n) is 0. The van der Waals surface area contributed by atoms with Gasteiger partial charge in [-0.15, -0.1) is 17.4 Å². The average Bonchev–Trinajstić information content (AvgIpc) is 0.811. The lowest BCUT2D eigenvalue weighted by molar-refractivity contribution is 1.91. The Kier molecular flexibility index (Phi) is 2.06. The number of hydrogen-bond donors (Lipinski definition) is 0. The van der Waals surface area contributed by atoms with Crippen LogP contribution in [0.15, 0.2) is 0 Å². The van der Waals surface area contributed by atoms with Gasteiger partial charge in [0.1, 0.15) is 0 Å². The van der Waals surface area contributed by atoms with Crippen LogP contribution in [0.2, 0.25) is 17.4 Å². The number of hydrogen-bond acceptors (Lipinski definition) is 0. The maximum atomic E-state index is 2.31. The normalized spacial score (nSPS) is 6.75. The van der Waals surface area contributed by atoms with E-state index >= 15 is 0 Å². The van der Waals surface area contributed by atoms with E-state index in [2.05, 4.69) is 17.4 Å². The summed E-state index contributed by atoms with van der Waals surface area (Å²) < 4.78 is 0. The van der Waals surface area contributed by atoms with Crippen molar-refractivity contribution in [2.45, 2.75) is 17.4 Å². The molecule has 4 heavy (non-hydrogen) atoms. The van der Waals surface area contributed by atoms with Gasteiger partial charge in [0.25, 0.3) is 14.1 Å². The topological polar surface area (TPSA) is 0 Å². The fraction of sp³-hybridized carbons (Fsp3) is 1.00. The molecule has 0 aromatic heterocycles. The molecule has 0 aliphatic carbocycles. The Balaban J connectivity index is 2.32. The number of rotatable bonds is 0. The third-order valence-electron chi connectivity index (χ3n) is 0. The van der Waals surface area contributed by atoms with Gasteiger partial charge in [-0.3, -0.25) is 0 Å². The van der Waals surface area contributed by atoms with Crippen LogP contribution in [0.4, 0.5) is 0 Å². The first kappa shape index (κ1) is 4.53. The standard InChI is InChI=1S/3CH3.Al/h3*1H3;/i;;;1-20. The van der Waals surface area contributed by atoms with Crippen LogP contribution in [0.3, 0.4) is 0 Å². The molecule has 0 radical (unpaired) electrons. The fourth-order valence-corrected chi connectivity index (χ4v) is 0. The zero-order valence-corrected chi connectivity index (χ0v) is 4.73. The quantitative estimate of drug-likeness (QED) is 0.365. The van der Waals surface area contributed by atoms with Crippen molar-refractivity contribution in [2.24, 2.45) is 0 Å². The summed E-state index contributed by atoms with van der Waals surface area (Å²) in [5, 5.41) is 0. The zero-order valence-electron chi connectivity index (χ0n) is 3.58. The van der Waals surface area contributed by atoms with Crippen molar-refractivity contribution < 1.29 is 0 Å². The predicted molar refractivity (Wildman–Crippen MR) is 23.3 cm³/mol. The van der Waals surface area contributed by atoms with Gasteiger partial charge in [0.2, 0.25) is 0 Å². The van der Waals surface area contributed by atoms with E-state index in [0.29, 0.717) is 0 Å². The van der Waals surface area contributed by atoms with E-state index in [9.17, 15) is 0 Å². The Morgan fingerprint density at radius 1 is 1.00 bits per heavy atom. The third-order valence-corrected chi connectivity index (χ3v) is 0. The molecule has 0 aliphatic rings. The summed E-state index contributed by atoms with van der Waals surface area (Å²) in [6, 6.07) is 0. The molecule has 1 heteroatoms. The van der Waals surface area contributed by atoms with E-state index in [4.69, 9.17) is 0 Å². The van der Waals surface area contributed by atoms with Gasteiger partial charge in [0, 0.05) is 0 Å². The van der Waals surface area contributed by atoms with Crippen LogP contribution in [-0.4, -0.2) is 14.1 Å². The van der Waals surface area contributed by atoms with Crippen molar-refractivity contribution in [3.63, 3.8) is 0 Å². The average molecular weight is 52.1 g/mol. The molecule has 0 bridgehead atoms. The van der Waals surface area contributed by atoms with E-state index < -0.39 is 0 Å². The van der Waals surface area contributed by atoms with Crippen molar-refractivity contribution in [1.29, 1.82) is 0 Å². The van der Waals surface area contributed by atoms with E-state index in [1.807, 2.05) is 0 Å². The molecule has 0 atom stereocenters. The first-order chi connectivity index (χ1) is 1.73. The smallest absolute Gasteiger partial charge is 0.106 e. The second-order valence-electron chi connectivity index (χ2n) is 1.73. The molecule has 0 spiro atoms. The van der Waals surface area contributed by atoms with Crippen LogP contribution in [0.5, 0.6) is 0 Å². The SMILES string of the molecule is [CH3][7Al]([CH3])[CH3]. The molecule has 0 nitrogen and oxygen atoms in total.